The summed E-state index contributed by atoms with van der Waals surface area (Å²) < 4.78 is 5.41. The van der Waals surface area contributed by atoms with Crippen LogP contribution >= 0.6 is 11.6 Å². The molecule has 5 nitrogen and oxygen atoms in total. The number of amides is 1. The maximum Gasteiger partial charge on any atom is 0.238 e. The van der Waals surface area contributed by atoms with E-state index < -0.39 is 5.41 Å². The van der Waals surface area contributed by atoms with Gasteiger partial charge in [0, 0.05) is 22.6 Å². The van der Waals surface area contributed by atoms with Crippen LogP contribution in [0.2, 0.25) is 0 Å². The highest BCUT2D eigenvalue weighted by Crippen LogP contribution is 2.34. The maximum atomic E-state index is 13.5. The summed E-state index contributed by atoms with van der Waals surface area (Å²) in [5, 5.41) is 2.88. The number of benzene rings is 1. The number of aromatic nitrogens is 1. The Balaban J connectivity index is 2.73. The van der Waals surface area contributed by atoms with Crippen LogP contribution in [-0.4, -0.2) is 23.8 Å². The average Bonchev–Trinajstić information content (AvgIpc) is 2.67. The molecule has 2 aromatic rings. The number of nitrogens with zero attached hydrogens (tertiary/aromatic N) is 1. The number of pyridine rings is 1. The first-order valence-corrected chi connectivity index (χ1v) is 9.76. The quantitative estimate of drug-likeness (QED) is 0.550. The number of hydrogen-bond acceptors (Lipinski definition) is 4. The first-order chi connectivity index (χ1) is 13.1. The van der Waals surface area contributed by atoms with Crippen molar-refractivity contribution in [2.45, 2.75) is 46.9 Å². The lowest BCUT2D eigenvalue weighted by atomic mass is 9.92. The van der Waals surface area contributed by atoms with Gasteiger partial charge in [0.25, 0.3) is 0 Å². The van der Waals surface area contributed by atoms with Gasteiger partial charge in [0.15, 0.2) is 5.78 Å². The molecule has 1 aromatic heterocycles. The zero-order chi connectivity index (χ0) is 21.1. The summed E-state index contributed by atoms with van der Waals surface area (Å²) in [5.74, 6) is 0.122. The second-order valence-corrected chi connectivity index (χ2v) is 7.92. The average molecular weight is 403 g/mol. The summed E-state index contributed by atoms with van der Waals surface area (Å²) in [4.78, 5) is 30.6. The number of hydrogen-bond donors (Lipinski definition) is 1. The first kappa shape index (κ1) is 21.9. The van der Waals surface area contributed by atoms with Crippen LogP contribution in [0.1, 0.15) is 60.4 Å². The van der Waals surface area contributed by atoms with Crippen molar-refractivity contribution in [3.05, 3.63) is 52.2 Å². The first-order valence-electron chi connectivity index (χ1n) is 9.22. The number of carbonyl (C=O) groups is 2. The van der Waals surface area contributed by atoms with Gasteiger partial charge >= 0.3 is 0 Å². The largest absolute Gasteiger partial charge is 0.479 e. The summed E-state index contributed by atoms with van der Waals surface area (Å²) in [5.41, 5.74) is 2.93. The van der Waals surface area contributed by atoms with Gasteiger partial charge < -0.3 is 10.1 Å². The standard InChI is InChI=1S/C22H27ClN2O3/c1-7-16-13(2)24-20(28-6)18(25-21(27)22(3,4)5)17(16)19(26)15-10-8-9-14(11-15)12-23/h8-11H,7,12H2,1-6H3,(H,25,27). The third-order valence-corrected chi connectivity index (χ3v) is 4.82. The minimum atomic E-state index is -0.638. The number of methoxy groups -OCH3 is 1. The van der Waals surface area contributed by atoms with Crippen molar-refractivity contribution in [1.82, 2.24) is 4.98 Å². The van der Waals surface area contributed by atoms with Gasteiger partial charge in [-0.2, -0.15) is 0 Å². The molecule has 0 atom stereocenters. The Hall–Kier alpha value is -2.40. The molecule has 0 saturated heterocycles. The van der Waals surface area contributed by atoms with Gasteiger partial charge in [-0.05, 0) is 30.5 Å². The molecule has 0 fully saturated rings. The lowest BCUT2D eigenvalue weighted by molar-refractivity contribution is -0.123. The number of anilines is 1. The van der Waals surface area contributed by atoms with Crippen LogP contribution in [0.4, 0.5) is 5.69 Å². The van der Waals surface area contributed by atoms with Gasteiger partial charge in [0.05, 0.1) is 12.7 Å². The highest BCUT2D eigenvalue weighted by Gasteiger charge is 2.29. The predicted octanol–water partition coefficient (Wildman–Crippen LogP) is 4.92. The fraction of sp³-hybridized carbons (Fsp3) is 0.409. The summed E-state index contributed by atoms with van der Waals surface area (Å²) in [6.45, 7) is 9.22. The van der Waals surface area contributed by atoms with Gasteiger partial charge in [-0.15, -0.1) is 11.6 Å². The number of rotatable bonds is 6. The molecule has 0 bridgehead atoms. The number of ether oxygens (including phenoxy) is 1. The highest BCUT2D eigenvalue weighted by molar-refractivity contribution is 6.18. The van der Waals surface area contributed by atoms with E-state index in [0.29, 0.717) is 34.8 Å². The van der Waals surface area contributed by atoms with Crippen molar-refractivity contribution in [3.63, 3.8) is 0 Å². The van der Waals surface area contributed by atoms with Gasteiger partial charge in [0.1, 0.15) is 5.69 Å². The molecule has 0 aliphatic carbocycles. The van der Waals surface area contributed by atoms with Crippen LogP contribution in [0.3, 0.4) is 0 Å². The van der Waals surface area contributed by atoms with Crippen molar-refractivity contribution in [1.29, 1.82) is 0 Å². The Bertz CT molecular complexity index is 901. The fourth-order valence-electron chi connectivity index (χ4n) is 2.90. The molecule has 0 aliphatic rings. The minimum Gasteiger partial charge on any atom is -0.479 e. The van der Waals surface area contributed by atoms with Crippen molar-refractivity contribution >= 4 is 29.0 Å². The molecular formula is C22H27ClN2O3. The van der Waals surface area contributed by atoms with Crippen molar-refractivity contribution < 1.29 is 14.3 Å². The topological polar surface area (TPSA) is 68.3 Å². The van der Waals surface area contributed by atoms with Crippen LogP contribution in [0, 0.1) is 12.3 Å². The van der Waals surface area contributed by atoms with E-state index in [1.807, 2.05) is 40.7 Å². The smallest absolute Gasteiger partial charge is 0.238 e. The Morgan fingerprint density at radius 3 is 2.46 bits per heavy atom. The van der Waals surface area contributed by atoms with E-state index in [-0.39, 0.29) is 17.6 Å². The molecule has 1 amide bonds. The third kappa shape index (κ3) is 4.53. The van der Waals surface area contributed by atoms with E-state index in [9.17, 15) is 9.59 Å². The molecule has 1 N–H and O–H groups in total. The fourth-order valence-corrected chi connectivity index (χ4v) is 3.07. The monoisotopic (exact) mass is 402 g/mol. The van der Waals surface area contributed by atoms with Crippen molar-refractivity contribution in [2.75, 3.05) is 12.4 Å². The van der Waals surface area contributed by atoms with Crippen LogP contribution in [0.15, 0.2) is 24.3 Å². The van der Waals surface area contributed by atoms with E-state index in [2.05, 4.69) is 10.3 Å². The number of nitrogens with one attached hydrogen (secondary N) is 1. The number of carbonyl (C=O) groups excluding carboxylic acids is 2. The van der Waals surface area contributed by atoms with Gasteiger partial charge in [0.2, 0.25) is 11.8 Å². The molecule has 0 aliphatic heterocycles. The zero-order valence-corrected chi connectivity index (χ0v) is 18.0. The van der Waals surface area contributed by atoms with E-state index >= 15 is 0 Å². The zero-order valence-electron chi connectivity index (χ0n) is 17.3. The molecule has 0 unspecified atom stereocenters. The minimum absolute atomic E-state index is 0.197. The van der Waals surface area contributed by atoms with E-state index in [4.69, 9.17) is 16.3 Å². The second-order valence-electron chi connectivity index (χ2n) is 7.66. The summed E-state index contributed by atoms with van der Waals surface area (Å²) in [6.07, 6.45) is 0.595. The van der Waals surface area contributed by atoms with E-state index in [1.165, 1.54) is 7.11 Å². The maximum absolute atomic E-state index is 13.5. The molecule has 6 heteroatoms. The third-order valence-electron chi connectivity index (χ3n) is 4.51. The Morgan fingerprint density at radius 1 is 1.25 bits per heavy atom. The Morgan fingerprint density at radius 2 is 1.93 bits per heavy atom. The Labute approximate surface area is 171 Å². The van der Waals surface area contributed by atoms with Crippen LogP contribution in [0.25, 0.3) is 0 Å². The molecule has 0 saturated carbocycles. The lowest BCUT2D eigenvalue weighted by Gasteiger charge is -2.22. The molecule has 28 heavy (non-hydrogen) atoms. The van der Waals surface area contributed by atoms with E-state index in [0.717, 1.165) is 11.1 Å². The normalized spacial score (nSPS) is 11.2. The van der Waals surface area contributed by atoms with Crippen LogP contribution in [-0.2, 0) is 17.1 Å². The molecule has 0 radical (unpaired) electrons. The van der Waals surface area contributed by atoms with Crippen LogP contribution < -0.4 is 10.1 Å². The summed E-state index contributed by atoms with van der Waals surface area (Å²) in [6, 6.07) is 7.18. The summed E-state index contributed by atoms with van der Waals surface area (Å²) in [7, 11) is 1.47. The van der Waals surface area contributed by atoms with E-state index in [1.54, 1.807) is 18.2 Å². The number of halogens is 1. The van der Waals surface area contributed by atoms with Gasteiger partial charge in [-0.3, -0.25) is 9.59 Å². The Kier molecular flexibility index (Phi) is 6.83. The summed E-state index contributed by atoms with van der Waals surface area (Å²) >= 11 is 5.93. The lowest BCUT2D eigenvalue weighted by Crippen LogP contribution is -2.29. The van der Waals surface area contributed by atoms with Gasteiger partial charge in [-0.25, -0.2) is 4.98 Å². The molecular weight excluding hydrogens is 376 g/mol. The number of aryl methyl sites for hydroxylation is 1. The molecule has 0 spiro atoms. The second kappa shape index (κ2) is 8.74. The SMILES string of the molecule is CCc1c(C)nc(OC)c(NC(=O)C(C)(C)C)c1C(=O)c1cccc(CCl)c1. The molecule has 1 aromatic carbocycles. The molecule has 2 rings (SSSR count). The highest BCUT2D eigenvalue weighted by atomic mass is 35.5. The van der Waals surface area contributed by atoms with Crippen molar-refractivity contribution in [2.24, 2.45) is 5.41 Å². The van der Waals surface area contributed by atoms with Crippen LogP contribution in [0.5, 0.6) is 5.88 Å². The van der Waals surface area contributed by atoms with Crippen molar-refractivity contribution in [3.8, 4) is 5.88 Å². The molecule has 1 heterocycles. The number of alkyl halides is 1. The predicted molar refractivity (Wildman–Crippen MR) is 112 cm³/mol. The molecule has 150 valence electrons. The van der Waals surface area contributed by atoms with Gasteiger partial charge in [-0.1, -0.05) is 45.9 Å². The number of ketones is 1.